The average molecular weight is 476 g/mol. The van der Waals surface area contributed by atoms with Crippen molar-refractivity contribution in [3.8, 4) is 11.5 Å². The van der Waals surface area contributed by atoms with Gasteiger partial charge in [-0.1, -0.05) is 38.1 Å². The summed E-state index contributed by atoms with van der Waals surface area (Å²) in [5.74, 6) is 0.558. The maximum absolute atomic E-state index is 13.5. The van der Waals surface area contributed by atoms with Gasteiger partial charge in [-0.15, -0.1) is 0 Å². The number of methoxy groups -OCH3 is 1. The molecule has 184 valence electrons. The lowest BCUT2D eigenvalue weighted by Gasteiger charge is -2.39. The van der Waals surface area contributed by atoms with Crippen molar-refractivity contribution in [2.24, 2.45) is 5.41 Å². The summed E-state index contributed by atoms with van der Waals surface area (Å²) in [7, 11) is 1.62. The minimum Gasteiger partial charge on any atom is -0.496 e. The number of ketones is 1. The third kappa shape index (κ3) is 5.11. The summed E-state index contributed by atoms with van der Waals surface area (Å²) < 4.78 is 17.0. The second-order valence-electron chi connectivity index (χ2n) is 9.82. The molecule has 0 radical (unpaired) electrons. The first-order valence-corrected chi connectivity index (χ1v) is 12.0. The maximum Gasteiger partial charge on any atom is 0.336 e. The third-order valence-corrected chi connectivity index (χ3v) is 6.51. The molecule has 2 aromatic carbocycles. The highest BCUT2D eigenvalue weighted by Gasteiger charge is 2.43. The molecule has 0 spiro atoms. The van der Waals surface area contributed by atoms with Gasteiger partial charge in [-0.3, -0.25) is 4.79 Å². The van der Waals surface area contributed by atoms with E-state index in [-0.39, 0.29) is 24.4 Å². The van der Waals surface area contributed by atoms with Gasteiger partial charge in [0.25, 0.3) is 0 Å². The molecular weight excluding hydrogens is 442 g/mol. The van der Waals surface area contributed by atoms with Crippen molar-refractivity contribution >= 4 is 11.8 Å². The fraction of sp³-hybridized carbons (Fsp3) is 0.379. The first-order chi connectivity index (χ1) is 16.7. The van der Waals surface area contributed by atoms with Crippen LogP contribution in [0, 0.1) is 5.41 Å². The normalized spacial score (nSPS) is 19.1. The SMILES string of the molecule is CCOC(=O)C1=C(C)NC2=C(C(=O)CC(C)(C)C2)[C@H]1c1ccc(OC)c(COc2ccccc2)c1. The first kappa shape index (κ1) is 24.6. The quantitative estimate of drug-likeness (QED) is 0.538. The zero-order valence-corrected chi connectivity index (χ0v) is 21.1. The number of allylic oxidation sites excluding steroid dienone is 3. The number of hydrogen-bond acceptors (Lipinski definition) is 6. The van der Waals surface area contributed by atoms with Crippen molar-refractivity contribution in [1.82, 2.24) is 5.32 Å². The molecule has 0 amide bonds. The van der Waals surface area contributed by atoms with Crippen LogP contribution in [0.1, 0.15) is 57.6 Å². The molecule has 6 heteroatoms. The van der Waals surface area contributed by atoms with E-state index >= 15 is 0 Å². The lowest BCUT2D eigenvalue weighted by Crippen LogP contribution is -2.38. The average Bonchev–Trinajstić information content (AvgIpc) is 2.81. The Hall–Kier alpha value is -3.54. The van der Waals surface area contributed by atoms with Gasteiger partial charge in [0.05, 0.1) is 19.3 Å². The van der Waals surface area contributed by atoms with Crippen molar-refractivity contribution in [2.75, 3.05) is 13.7 Å². The fourth-order valence-electron chi connectivity index (χ4n) is 5.02. The molecule has 0 unspecified atom stereocenters. The lowest BCUT2D eigenvalue weighted by atomic mass is 9.68. The minimum atomic E-state index is -0.518. The highest BCUT2D eigenvalue weighted by Crippen LogP contribution is 2.47. The maximum atomic E-state index is 13.5. The molecule has 1 atom stereocenters. The molecule has 2 aliphatic rings. The smallest absolute Gasteiger partial charge is 0.336 e. The van der Waals surface area contributed by atoms with Crippen LogP contribution in [-0.4, -0.2) is 25.5 Å². The molecule has 0 saturated heterocycles. The van der Waals surface area contributed by atoms with Crippen LogP contribution < -0.4 is 14.8 Å². The van der Waals surface area contributed by atoms with Crippen LogP contribution in [0.5, 0.6) is 11.5 Å². The number of benzene rings is 2. The largest absolute Gasteiger partial charge is 0.496 e. The number of rotatable bonds is 7. The van der Waals surface area contributed by atoms with E-state index in [1.165, 1.54) is 0 Å². The van der Waals surface area contributed by atoms with Crippen molar-refractivity contribution < 1.29 is 23.8 Å². The number of ether oxygens (including phenoxy) is 3. The van der Waals surface area contributed by atoms with Gasteiger partial charge in [0, 0.05) is 34.9 Å². The van der Waals surface area contributed by atoms with Gasteiger partial charge >= 0.3 is 5.97 Å². The van der Waals surface area contributed by atoms with E-state index in [0.29, 0.717) is 23.3 Å². The molecule has 1 N–H and O–H groups in total. The molecule has 4 rings (SSSR count). The number of esters is 1. The van der Waals surface area contributed by atoms with E-state index in [4.69, 9.17) is 14.2 Å². The van der Waals surface area contributed by atoms with Crippen molar-refractivity contribution in [2.45, 2.75) is 53.1 Å². The zero-order valence-electron chi connectivity index (χ0n) is 21.1. The van der Waals surface area contributed by atoms with E-state index < -0.39 is 11.9 Å². The Bertz CT molecular complexity index is 1190. The van der Waals surface area contributed by atoms with Crippen LogP contribution in [0.2, 0.25) is 0 Å². The fourth-order valence-corrected chi connectivity index (χ4v) is 5.02. The van der Waals surface area contributed by atoms with Crippen LogP contribution in [-0.2, 0) is 20.9 Å². The van der Waals surface area contributed by atoms with Crippen LogP contribution in [0.15, 0.2) is 71.1 Å². The predicted octanol–water partition coefficient (Wildman–Crippen LogP) is 5.44. The van der Waals surface area contributed by atoms with Crippen LogP contribution >= 0.6 is 0 Å². The lowest BCUT2D eigenvalue weighted by molar-refractivity contribution is -0.138. The number of carbonyl (C=O) groups excluding carboxylic acids is 2. The molecule has 0 saturated carbocycles. The Kier molecular flexibility index (Phi) is 7.01. The van der Waals surface area contributed by atoms with Crippen LogP contribution in [0.25, 0.3) is 0 Å². The Morgan fingerprint density at radius 1 is 1.11 bits per heavy atom. The molecule has 1 heterocycles. The van der Waals surface area contributed by atoms with Gasteiger partial charge in [-0.2, -0.15) is 0 Å². The molecule has 0 aromatic heterocycles. The van der Waals surface area contributed by atoms with E-state index in [9.17, 15) is 9.59 Å². The molecule has 0 bridgehead atoms. The predicted molar refractivity (Wildman–Crippen MR) is 134 cm³/mol. The summed E-state index contributed by atoms with van der Waals surface area (Å²) in [6.07, 6.45) is 1.16. The zero-order chi connectivity index (χ0) is 25.2. The van der Waals surface area contributed by atoms with E-state index in [1.807, 2.05) is 55.5 Å². The van der Waals surface area contributed by atoms with E-state index in [1.54, 1.807) is 14.0 Å². The minimum absolute atomic E-state index is 0.0564. The Morgan fingerprint density at radius 3 is 2.54 bits per heavy atom. The highest BCUT2D eigenvalue weighted by atomic mass is 16.5. The van der Waals surface area contributed by atoms with E-state index in [0.717, 1.165) is 34.7 Å². The molecule has 6 nitrogen and oxygen atoms in total. The number of dihydropyridines is 1. The van der Waals surface area contributed by atoms with Crippen molar-refractivity contribution in [3.05, 3.63) is 82.2 Å². The second-order valence-corrected chi connectivity index (χ2v) is 9.82. The summed E-state index contributed by atoms with van der Waals surface area (Å²) >= 11 is 0. The van der Waals surface area contributed by atoms with Crippen molar-refractivity contribution in [1.29, 1.82) is 0 Å². The third-order valence-electron chi connectivity index (χ3n) is 6.51. The number of nitrogens with one attached hydrogen (secondary N) is 1. The molecule has 1 aliphatic heterocycles. The number of para-hydroxylation sites is 1. The van der Waals surface area contributed by atoms with Crippen LogP contribution in [0.4, 0.5) is 0 Å². The molecule has 35 heavy (non-hydrogen) atoms. The second kappa shape index (κ2) is 9.98. The molecule has 2 aromatic rings. The van der Waals surface area contributed by atoms with Gasteiger partial charge in [-0.25, -0.2) is 4.79 Å². The van der Waals surface area contributed by atoms with E-state index in [2.05, 4.69) is 19.2 Å². The standard InChI is InChI=1S/C29H33NO5/c1-6-34-28(32)25-18(2)30-22-15-29(3,4)16-23(31)27(22)26(25)19-12-13-24(33-5)20(14-19)17-35-21-10-8-7-9-11-21/h7-14,26,30H,6,15-17H2,1-5H3/t26-/m0/s1. The summed E-state index contributed by atoms with van der Waals surface area (Å²) in [4.78, 5) is 26.6. The topological polar surface area (TPSA) is 73.9 Å². The summed E-state index contributed by atoms with van der Waals surface area (Å²) in [5.41, 5.74) is 4.25. The Balaban J connectivity index is 1.80. The first-order valence-electron chi connectivity index (χ1n) is 12.0. The molecular formula is C29H33NO5. The summed E-state index contributed by atoms with van der Waals surface area (Å²) in [6.45, 7) is 8.39. The summed E-state index contributed by atoms with van der Waals surface area (Å²) in [6, 6.07) is 15.3. The highest BCUT2D eigenvalue weighted by molar-refractivity contribution is 6.04. The van der Waals surface area contributed by atoms with Gasteiger partial charge in [0.2, 0.25) is 0 Å². The van der Waals surface area contributed by atoms with Crippen LogP contribution in [0.3, 0.4) is 0 Å². The Labute approximate surface area is 207 Å². The van der Waals surface area contributed by atoms with Crippen molar-refractivity contribution in [3.63, 3.8) is 0 Å². The van der Waals surface area contributed by atoms with Gasteiger partial charge in [-0.05, 0) is 55.5 Å². The molecule has 1 aliphatic carbocycles. The van der Waals surface area contributed by atoms with Gasteiger partial charge in [0.1, 0.15) is 18.1 Å². The number of Topliss-reactive ketones (excluding diaryl/α,β-unsaturated/α-hetero) is 1. The monoisotopic (exact) mass is 475 g/mol. The summed E-state index contributed by atoms with van der Waals surface area (Å²) in [5, 5.41) is 3.37. The van der Waals surface area contributed by atoms with Gasteiger partial charge in [0.15, 0.2) is 5.78 Å². The number of carbonyl (C=O) groups is 2. The molecule has 0 fully saturated rings. The Morgan fingerprint density at radius 2 is 1.86 bits per heavy atom. The van der Waals surface area contributed by atoms with Gasteiger partial charge < -0.3 is 19.5 Å². The number of hydrogen-bond donors (Lipinski definition) is 1.